The molecule has 9 unspecified atom stereocenters. The van der Waals surface area contributed by atoms with E-state index in [1.54, 1.807) is 6.92 Å². The van der Waals surface area contributed by atoms with Gasteiger partial charge in [0.25, 0.3) is 0 Å². The van der Waals surface area contributed by atoms with Gasteiger partial charge in [0.15, 0.2) is 0 Å². The Balaban J connectivity index is 1.48. The summed E-state index contributed by atoms with van der Waals surface area (Å²) in [6.07, 6.45) is 5.78. The van der Waals surface area contributed by atoms with E-state index in [1.165, 1.54) is 25.8 Å². The highest BCUT2D eigenvalue weighted by Gasteiger charge is 2.89. The molecule has 12 atom stereocenters. The van der Waals surface area contributed by atoms with Crippen molar-refractivity contribution in [2.75, 3.05) is 6.54 Å². The Labute approximate surface area is 155 Å². The lowest BCUT2D eigenvalue weighted by Crippen LogP contribution is -2.68. The number of piperidine rings is 2. The molecule has 26 heavy (non-hydrogen) atoms. The summed E-state index contributed by atoms with van der Waals surface area (Å²) in [5.74, 6) is 1.72. The molecular formula is C22H29NO3. The number of carbonyl (C=O) groups excluding carboxylic acids is 1. The molecule has 9 fully saturated rings. The molecule has 3 aliphatic heterocycles. The van der Waals surface area contributed by atoms with Crippen LogP contribution in [-0.4, -0.2) is 46.8 Å². The van der Waals surface area contributed by atoms with E-state index in [0.29, 0.717) is 34.7 Å². The monoisotopic (exact) mass is 355 g/mol. The molecule has 0 radical (unpaired) electrons. The number of fused-ring (bicyclic) bond motifs is 1. The standard InChI is InChI=1S/C22H29NO3/c1-10-12-7-14-21-6-4-5-20(3)9-23-13(17(20)21)8-22(14,19(10)25)15(18(21)23)16(12)26-11(2)24/h12-19,25H,1,4-9H2,2-3H3/t12?,13?,14?,15?,16-,17?,18?,19+,20-,21?,22?/m0/s1. The van der Waals surface area contributed by atoms with Crippen LogP contribution < -0.4 is 0 Å². The smallest absolute Gasteiger partial charge is 0.302 e. The highest BCUT2D eigenvalue weighted by atomic mass is 16.5. The lowest BCUT2D eigenvalue weighted by Gasteiger charge is -2.65. The predicted molar refractivity (Wildman–Crippen MR) is 95.0 cm³/mol. The van der Waals surface area contributed by atoms with Gasteiger partial charge in [-0.25, -0.2) is 0 Å². The minimum Gasteiger partial charge on any atom is -0.462 e. The fourth-order valence-corrected chi connectivity index (χ4v) is 10.8. The van der Waals surface area contributed by atoms with Crippen LogP contribution in [0.3, 0.4) is 0 Å². The Hall–Kier alpha value is -0.870. The third-order valence-corrected chi connectivity index (χ3v) is 10.6. The first kappa shape index (κ1) is 15.1. The van der Waals surface area contributed by atoms with Gasteiger partial charge in [0, 0.05) is 42.8 Å². The Bertz CT molecular complexity index is 779. The van der Waals surface area contributed by atoms with Gasteiger partial charge >= 0.3 is 5.97 Å². The third-order valence-electron chi connectivity index (χ3n) is 10.6. The predicted octanol–water partition coefficient (Wildman–Crippen LogP) is 2.36. The Morgan fingerprint density at radius 1 is 1.35 bits per heavy atom. The molecule has 0 aromatic carbocycles. The van der Waals surface area contributed by atoms with Gasteiger partial charge in [0.1, 0.15) is 6.10 Å². The van der Waals surface area contributed by atoms with Crippen molar-refractivity contribution >= 4 is 5.97 Å². The average Bonchev–Trinajstić information content (AvgIpc) is 3.00. The second-order valence-corrected chi connectivity index (χ2v) is 11.1. The lowest BCUT2D eigenvalue weighted by molar-refractivity contribution is -0.213. The fraction of sp³-hybridized carbons (Fsp3) is 0.864. The van der Waals surface area contributed by atoms with Gasteiger partial charge in [-0.1, -0.05) is 19.9 Å². The summed E-state index contributed by atoms with van der Waals surface area (Å²) in [5.41, 5.74) is 1.73. The molecule has 4 heteroatoms. The fourth-order valence-electron chi connectivity index (χ4n) is 10.8. The summed E-state index contributed by atoms with van der Waals surface area (Å²) in [6, 6.07) is 1.18. The van der Waals surface area contributed by atoms with E-state index in [9.17, 15) is 9.90 Å². The zero-order chi connectivity index (χ0) is 17.8. The average molecular weight is 355 g/mol. The summed E-state index contributed by atoms with van der Waals surface area (Å²) in [6.45, 7) is 9.61. The molecule has 9 bridgehead atoms. The van der Waals surface area contributed by atoms with Crippen molar-refractivity contribution in [2.45, 2.75) is 70.2 Å². The number of hydrogen-bond donors (Lipinski definition) is 1. The summed E-state index contributed by atoms with van der Waals surface area (Å²) < 4.78 is 6.00. The van der Waals surface area contributed by atoms with Gasteiger partial charge < -0.3 is 9.84 Å². The Morgan fingerprint density at radius 3 is 2.92 bits per heavy atom. The van der Waals surface area contributed by atoms with Crippen molar-refractivity contribution in [3.63, 3.8) is 0 Å². The van der Waals surface area contributed by atoms with Crippen molar-refractivity contribution < 1.29 is 14.6 Å². The number of aliphatic hydroxyl groups excluding tert-OH is 1. The van der Waals surface area contributed by atoms with Crippen LogP contribution in [0.2, 0.25) is 0 Å². The molecule has 140 valence electrons. The first-order valence-corrected chi connectivity index (χ1v) is 10.7. The highest BCUT2D eigenvalue weighted by Crippen LogP contribution is 2.87. The molecule has 1 N–H and O–H groups in total. The van der Waals surface area contributed by atoms with Crippen molar-refractivity contribution in [3.8, 4) is 0 Å². The van der Waals surface area contributed by atoms with Gasteiger partial charge in [0.05, 0.1) is 6.10 Å². The number of rotatable bonds is 1. The number of hydrogen-bond acceptors (Lipinski definition) is 4. The highest BCUT2D eigenvalue weighted by molar-refractivity contribution is 5.66. The van der Waals surface area contributed by atoms with E-state index >= 15 is 0 Å². The molecule has 0 aromatic heterocycles. The maximum atomic E-state index is 12.0. The van der Waals surface area contributed by atoms with Gasteiger partial charge in [-0.2, -0.15) is 0 Å². The molecule has 3 saturated heterocycles. The topological polar surface area (TPSA) is 49.8 Å². The van der Waals surface area contributed by atoms with Gasteiger partial charge in [-0.15, -0.1) is 0 Å². The Kier molecular flexibility index (Phi) is 2.30. The molecule has 0 aromatic rings. The quantitative estimate of drug-likeness (QED) is 0.579. The first-order chi connectivity index (χ1) is 12.4. The number of esters is 1. The molecule has 9 aliphatic rings. The van der Waals surface area contributed by atoms with E-state index in [4.69, 9.17) is 4.74 Å². The molecule has 9 rings (SSSR count). The molecule has 0 amide bonds. The molecule has 4 nitrogen and oxygen atoms in total. The van der Waals surface area contributed by atoms with Gasteiger partial charge in [-0.05, 0) is 53.9 Å². The second-order valence-electron chi connectivity index (χ2n) is 11.1. The van der Waals surface area contributed by atoms with Gasteiger partial charge in [0.2, 0.25) is 0 Å². The lowest BCUT2D eigenvalue weighted by atomic mass is 9.40. The van der Waals surface area contributed by atoms with Crippen LogP contribution in [0.5, 0.6) is 0 Å². The van der Waals surface area contributed by atoms with Crippen LogP contribution in [0.4, 0.5) is 0 Å². The molecule has 6 saturated carbocycles. The largest absolute Gasteiger partial charge is 0.462 e. The maximum Gasteiger partial charge on any atom is 0.302 e. The molecular weight excluding hydrogens is 326 g/mol. The maximum absolute atomic E-state index is 12.0. The number of nitrogens with zero attached hydrogens (tertiary/aromatic N) is 1. The minimum atomic E-state index is -0.387. The summed E-state index contributed by atoms with van der Waals surface area (Å²) in [4.78, 5) is 14.8. The first-order valence-electron chi connectivity index (χ1n) is 10.7. The summed E-state index contributed by atoms with van der Waals surface area (Å²) in [5, 5.41) is 11.4. The van der Waals surface area contributed by atoms with E-state index in [2.05, 4.69) is 18.4 Å². The van der Waals surface area contributed by atoms with Crippen molar-refractivity contribution in [1.29, 1.82) is 0 Å². The van der Waals surface area contributed by atoms with E-state index in [0.717, 1.165) is 24.3 Å². The SMILES string of the molecule is C=C1C2CC3C45CCC[C@@]6(C)CN7C(CC3(C(C74)[C@H]2OC(C)=O)[C@@H]1O)C56. The van der Waals surface area contributed by atoms with Crippen molar-refractivity contribution in [3.05, 3.63) is 12.2 Å². The normalized spacial score (nSPS) is 68.0. The Morgan fingerprint density at radius 2 is 2.15 bits per heavy atom. The van der Waals surface area contributed by atoms with Crippen LogP contribution in [-0.2, 0) is 9.53 Å². The summed E-state index contributed by atoms with van der Waals surface area (Å²) >= 11 is 0. The van der Waals surface area contributed by atoms with E-state index < -0.39 is 0 Å². The molecule has 6 aliphatic carbocycles. The zero-order valence-corrected chi connectivity index (χ0v) is 15.8. The van der Waals surface area contributed by atoms with E-state index in [-0.39, 0.29) is 29.5 Å². The van der Waals surface area contributed by atoms with Crippen molar-refractivity contribution in [1.82, 2.24) is 4.90 Å². The summed E-state index contributed by atoms with van der Waals surface area (Å²) in [7, 11) is 0. The van der Waals surface area contributed by atoms with Gasteiger partial charge in [-0.3, -0.25) is 9.69 Å². The number of ether oxygens (including phenoxy) is 1. The number of carbonyl (C=O) groups is 1. The van der Waals surface area contributed by atoms with Crippen molar-refractivity contribution in [2.24, 2.45) is 39.9 Å². The van der Waals surface area contributed by atoms with Crippen LogP contribution in [0.1, 0.15) is 46.0 Å². The van der Waals surface area contributed by atoms with Crippen LogP contribution in [0.25, 0.3) is 0 Å². The molecule has 2 spiro atoms. The third kappa shape index (κ3) is 1.15. The molecule has 3 heterocycles. The number of aliphatic hydroxyl groups is 1. The van der Waals surface area contributed by atoms with Crippen LogP contribution >= 0.6 is 0 Å². The minimum absolute atomic E-state index is 0.0579. The van der Waals surface area contributed by atoms with E-state index in [1.807, 2.05) is 0 Å². The van der Waals surface area contributed by atoms with Crippen LogP contribution in [0.15, 0.2) is 12.2 Å². The van der Waals surface area contributed by atoms with Crippen LogP contribution in [0, 0.1) is 39.9 Å². The zero-order valence-electron chi connectivity index (χ0n) is 15.8. The second kappa shape index (κ2) is 3.96.